The van der Waals surface area contributed by atoms with Crippen molar-refractivity contribution in [3.05, 3.63) is 16.1 Å². The number of hydrogen-bond acceptors (Lipinski definition) is 8. The quantitative estimate of drug-likeness (QED) is 0.812. The van der Waals surface area contributed by atoms with Gasteiger partial charge in [-0.1, -0.05) is 0 Å². The molecular formula is C13H20N6OS. The molecule has 0 saturated heterocycles. The second kappa shape index (κ2) is 7.16. The van der Waals surface area contributed by atoms with Crippen LogP contribution in [-0.4, -0.2) is 32.6 Å². The van der Waals surface area contributed by atoms with E-state index in [-0.39, 0.29) is 6.10 Å². The Morgan fingerprint density at radius 3 is 2.43 bits per heavy atom. The van der Waals surface area contributed by atoms with Crippen LogP contribution in [0.3, 0.4) is 0 Å². The van der Waals surface area contributed by atoms with Crippen LogP contribution in [0.25, 0.3) is 0 Å². The maximum absolute atomic E-state index is 5.54. The van der Waals surface area contributed by atoms with Crippen molar-refractivity contribution in [1.29, 1.82) is 0 Å². The van der Waals surface area contributed by atoms with Gasteiger partial charge in [0.25, 0.3) is 0 Å². The van der Waals surface area contributed by atoms with Crippen LogP contribution in [0.5, 0.6) is 6.01 Å². The van der Waals surface area contributed by atoms with E-state index in [0.29, 0.717) is 24.5 Å². The Kier molecular flexibility index (Phi) is 5.26. The molecular weight excluding hydrogens is 288 g/mol. The smallest absolute Gasteiger partial charge is 0.323 e. The van der Waals surface area contributed by atoms with Crippen molar-refractivity contribution in [2.45, 2.75) is 40.3 Å². The minimum atomic E-state index is 0.0105. The molecule has 114 valence electrons. The predicted molar refractivity (Wildman–Crippen MR) is 83.9 cm³/mol. The van der Waals surface area contributed by atoms with Gasteiger partial charge in [-0.05, 0) is 27.7 Å². The molecule has 0 aliphatic heterocycles. The van der Waals surface area contributed by atoms with Crippen LogP contribution in [-0.2, 0) is 6.54 Å². The van der Waals surface area contributed by atoms with Crippen molar-refractivity contribution in [3.63, 3.8) is 0 Å². The zero-order chi connectivity index (χ0) is 15.2. The summed E-state index contributed by atoms with van der Waals surface area (Å²) in [4.78, 5) is 17.2. The van der Waals surface area contributed by atoms with Crippen LogP contribution in [0.1, 0.15) is 31.5 Å². The van der Waals surface area contributed by atoms with Gasteiger partial charge in [-0.3, -0.25) is 0 Å². The van der Waals surface area contributed by atoms with E-state index in [2.05, 4.69) is 30.6 Å². The van der Waals surface area contributed by atoms with E-state index in [1.807, 2.05) is 33.1 Å². The Morgan fingerprint density at radius 1 is 1.14 bits per heavy atom. The van der Waals surface area contributed by atoms with Crippen LogP contribution in [0.2, 0.25) is 0 Å². The van der Waals surface area contributed by atoms with E-state index < -0.39 is 0 Å². The van der Waals surface area contributed by atoms with Gasteiger partial charge in [0.1, 0.15) is 5.01 Å². The number of anilines is 2. The van der Waals surface area contributed by atoms with Gasteiger partial charge in [0.05, 0.1) is 12.6 Å². The number of ether oxygens (including phenoxy) is 1. The highest BCUT2D eigenvalue weighted by Crippen LogP contribution is 2.14. The maximum Gasteiger partial charge on any atom is 0.323 e. The largest absolute Gasteiger partial charge is 0.461 e. The zero-order valence-electron chi connectivity index (χ0n) is 12.7. The van der Waals surface area contributed by atoms with Crippen molar-refractivity contribution >= 4 is 23.2 Å². The average molecular weight is 308 g/mol. The topological polar surface area (TPSA) is 84.9 Å². The molecule has 0 aromatic carbocycles. The van der Waals surface area contributed by atoms with E-state index in [0.717, 1.165) is 17.2 Å². The SMILES string of the molecule is CCNc1nc(NCc2nc(C)cs2)nc(OC(C)C)n1. The number of nitrogens with one attached hydrogen (secondary N) is 2. The molecule has 0 radical (unpaired) electrons. The van der Waals surface area contributed by atoms with E-state index in [4.69, 9.17) is 4.74 Å². The van der Waals surface area contributed by atoms with E-state index >= 15 is 0 Å². The van der Waals surface area contributed by atoms with Gasteiger partial charge in [0.15, 0.2) is 0 Å². The van der Waals surface area contributed by atoms with Gasteiger partial charge in [0, 0.05) is 17.6 Å². The van der Waals surface area contributed by atoms with Crippen LogP contribution < -0.4 is 15.4 Å². The molecule has 21 heavy (non-hydrogen) atoms. The molecule has 0 unspecified atom stereocenters. The van der Waals surface area contributed by atoms with Gasteiger partial charge < -0.3 is 15.4 Å². The summed E-state index contributed by atoms with van der Waals surface area (Å²) in [5.41, 5.74) is 1.02. The zero-order valence-corrected chi connectivity index (χ0v) is 13.5. The molecule has 0 atom stereocenters. The van der Waals surface area contributed by atoms with E-state index in [9.17, 15) is 0 Å². The number of rotatable bonds is 7. The van der Waals surface area contributed by atoms with Crippen LogP contribution in [0, 0.1) is 6.92 Å². The molecule has 0 aliphatic rings. The van der Waals surface area contributed by atoms with Crippen LogP contribution in [0.4, 0.5) is 11.9 Å². The first-order valence-electron chi connectivity index (χ1n) is 6.88. The molecule has 7 nitrogen and oxygen atoms in total. The fraction of sp³-hybridized carbons (Fsp3) is 0.538. The summed E-state index contributed by atoms with van der Waals surface area (Å²) in [5.74, 6) is 0.977. The minimum absolute atomic E-state index is 0.0105. The standard InChI is InChI=1S/C13H20N6OS/c1-5-14-11-17-12(19-13(18-11)20-8(2)3)15-6-10-16-9(4)7-21-10/h7-8H,5-6H2,1-4H3,(H2,14,15,17,18,19). The van der Waals surface area contributed by atoms with Gasteiger partial charge in [-0.2, -0.15) is 15.0 Å². The lowest BCUT2D eigenvalue weighted by molar-refractivity contribution is 0.222. The normalized spacial score (nSPS) is 10.7. The Hall–Kier alpha value is -1.96. The molecule has 2 heterocycles. The summed E-state index contributed by atoms with van der Waals surface area (Å²) in [5, 5.41) is 9.23. The lowest BCUT2D eigenvalue weighted by atomic mass is 10.5. The first-order chi connectivity index (χ1) is 10.1. The molecule has 2 rings (SSSR count). The molecule has 0 spiro atoms. The fourth-order valence-electron chi connectivity index (χ4n) is 1.57. The Bertz CT molecular complexity index is 586. The van der Waals surface area contributed by atoms with Gasteiger partial charge in [-0.15, -0.1) is 11.3 Å². The van der Waals surface area contributed by atoms with Gasteiger partial charge in [-0.25, -0.2) is 4.98 Å². The molecule has 2 aromatic rings. The first-order valence-corrected chi connectivity index (χ1v) is 7.76. The predicted octanol–water partition coefficient (Wildman–Crippen LogP) is 2.47. The van der Waals surface area contributed by atoms with Crippen molar-refractivity contribution < 1.29 is 4.74 Å². The monoisotopic (exact) mass is 308 g/mol. The van der Waals surface area contributed by atoms with Crippen LogP contribution in [0.15, 0.2) is 5.38 Å². The summed E-state index contributed by atoms with van der Waals surface area (Å²) in [6.45, 7) is 9.13. The molecule has 0 fully saturated rings. The van der Waals surface area contributed by atoms with E-state index in [1.54, 1.807) is 11.3 Å². The molecule has 0 saturated carbocycles. The third kappa shape index (κ3) is 4.82. The third-order valence-electron chi connectivity index (χ3n) is 2.36. The Balaban J connectivity index is 2.10. The van der Waals surface area contributed by atoms with Crippen molar-refractivity contribution in [2.24, 2.45) is 0 Å². The molecule has 0 aliphatic carbocycles. The average Bonchev–Trinajstić information content (AvgIpc) is 2.82. The fourth-order valence-corrected chi connectivity index (χ4v) is 2.29. The summed E-state index contributed by atoms with van der Waals surface area (Å²) in [7, 11) is 0. The van der Waals surface area contributed by atoms with Crippen LogP contribution >= 0.6 is 11.3 Å². The second-order valence-electron chi connectivity index (χ2n) is 4.70. The number of hydrogen-bond donors (Lipinski definition) is 2. The van der Waals surface area contributed by atoms with Crippen molar-refractivity contribution in [2.75, 3.05) is 17.2 Å². The lowest BCUT2D eigenvalue weighted by Crippen LogP contribution is -2.13. The molecule has 8 heteroatoms. The highest BCUT2D eigenvalue weighted by molar-refractivity contribution is 7.09. The Morgan fingerprint density at radius 2 is 1.86 bits per heavy atom. The molecule has 0 bridgehead atoms. The highest BCUT2D eigenvalue weighted by atomic mass is 32.1. The molecule has 2 N–H and O–H groups in total. The number of nitrogens with zero attached hydrogens (tertiary/aromatic N) is 4. The van der Waals surface area contributed by atoms with Crippen molar-refractivity contribution in [3.8, 4) is 6.01 Å². The lowest BCUT2D eigenvalue weighted by Gasteiger charge is -2.11. The maximum atomic E-state index is 5.54. The van der Waals surface area contributed by atoms with E-state index in [1.165, 1.54) is 0 Å². The summed E-state index contributed by atoms with van der Waals surface area (Å²) >= 11 is 1.61. The van der Waals surface area contributed by atoms with Gasteiger partial charge >= 0.3 is 6.01 Å². The van der Waals surface area contributed by atoms with Crippen molar-refractivity contribution in [1.82, 2.24) is 19.9 Å². The summed E-state index contributed by atoms with van der Waals surface area (Å²) in [6, 6.07) is 0.314. The summed E-state index contributed by atoms with van der Waals surface area (Å²) in [6.07, 6.45) is 0.0105. The Labute approximate surface area is 128 Å². The number of aromatic nitrogens is 4. The second-order valence-corrected chi connectivity index (χ2v) is 5.64. The molecule has 2 aromatic heterocycles. The summed E-state index contributed by atoms with van der Waals surface area (Å²) < 4.78 is 5.54. The first kappa shape index (κ1) is 15.4. The highest BCUT2D eigenvalue weighted by Gasteiger charge is 2.09. The van der Waals surface area contributed by atoms with Gasteiger partial charge in [0.2, 0.25) is 11.9 Å². The number of thiazole rings is 1. The third-order valence-corrected chi connectivity index (χ3v) is 3.32. The molecule has 0 amide bonds. The minimum Gasteiger partial charge on any atom is -0.461 e. The number of aryl methyl sites for hydroxylation is 1.